The SMILES string of the molecule is COc1cccc2c1O[C@@]1(CCOC(C)(C)C1)N1N=C(c3ccc(Cl)c(Cl)c3)C[C@@H]21. The smallest absolute Gasteiger partial charge is 0.203 e. The average Bonchev–Trinajstić information content (AvgIpc) is 3.16. The third-order valence-corrected chi connectivity index (χ3v) is 6.89. The molecule has 5 rings (SSSR count). The van der Waals surface area contributed by atoms with E-state index in [0.717, 1.165) is 41.2 Å². The van der Waals surface area contributed by atoms with Gasteiger partial charge in [-0.3, -0.25) is 0 Å². The van der Waals surface area contributed by atoms with Gasteiger partial charge in [0.15, 0.2) is 11.5 Å². The third kappa shape index (κ3) is 3.15. The maximum atomic E-state index is 6.73. The molecule has 0 saturated carbocycles. The Kier molecular flexibility index (Phi) is 4.69. The van der Waals surface area contributed by atoms with Crippen LogP contribution >= 0.6 is 23.2 Å². The zero-order chi connectivity index (χ0) is 21.1. The van der Waals surface area contributed by atoms with Crippen LogP contribution in [0.4, 0.5) is 0 Å². The van der Waals surface area contributed by atoms with Crippen LogP contribution in [0.15, 0.2) is 41.5 Å². The molecule has 0 N–H and O–H groups in total. The molecule has 5 nitrogen and oxygen atoms in total. The second kappa shape index (κ2) is 7.04. The van der Waals surface area contributed by atoms with Crippen LogP contribution in [0, 0.1) is 0 Å². The number of nitrogens with zero attached hydrogens (tertiary/aromatic N) is 2. The Labute approximate surface area is 186 Å². The Bertz CT molecular complexity index is 1040. The molecule has 0 amide bonds. The van der Waals surface area contributed by atoms with E-state index in [9.17, 15) is 0 Å². The molecule has 0 aromatic heterocycles. The normalized spacial score (nSPS) is 26.6. The van der Waals surface area contributed by atoms with E-state index in [2.05, 4.69) is 24.9 Å². The van der Waals surface area contributed by atoms with E-state index in [4.69, 9.17) is 42.5 Å². The second-order valence-corrected chi connectivity index (χ2v) is 9.52. The molecule has 3 aliphatic rings. The highest BCUT2D eigenvalue weighted by Crippen LogP contribution is 2.54. The van der Waals surface area contributed by atoms with Crippen molar-refractivity contribution in [2.75, 3.05) is 13.7 Å². The van der Waals surface area contributed by atoms with E-state index in [-0.39, 0.29) is 11.6 Å². The molecule has 2 aromatic carbocycles. The summed E-state index contributed by atoms with van der Waals surface area (Å²) < 4.78 is 18.4. The maximum Gasteiger partial charge on any atom is 0.203 e. The summed E-state index contributed by atoms with van der Waals surface area (Å²) in [5, 5.41) is 8.29. The summed E-state index contributed by atoms with van der Waals surface area (Å²) in [4.78, 5) is 0. The summed E-state index contributed by atoms with van der Waals surface area (Å²) >= 11 is 12.4. The summed E-state index contributed by atoms with van der Waals surface area (Å²) in [6.07, 6.45) is 2.18. The number of ether oxygens (including phenoxy) is 3. The second-order valence-electron chi connectivity index (χ2n) is 8.70. The number of halogens is 2. The molecule has 3 heterocycles. The lowest BCUT2D eigenvalue weighted by atomic mass is 9.86. The first kappa shape index (κ1) is 20.0. The molecule has 1 fully saturated rings. The van der Waals surface area contributed by atoms with Gasteiger partial charge < -0.3 is 14.2 Å². The van der Waals surface area contributed by atoms with Crippen molar-refractivity contribution in [2.45, 2.75) is 50.5 Å². The van der Waals surface area contributed by atoms with Crippen molar-refractivity contribution in [3.8, 4) is 11.5 Å². The molecule has 1 spiro atoms. The van der Waals surface area contributed by atoms with Crippen molar-refractivity contribution >= 4 is 28.9 Å². The standard InChI is InChI=1S/C23H24Cl2N2O3/c1-22(2)13-23(9-10-29-22)27-19(15-5-4-6-20(28-3)21(15)30-23)12-18(26-27)14-7-8-16(24)17(25)11-14/h4-8,11,19H,9-10,12-13H2,1-3H3/t19-,23+/m0/s1. The van der Waals surface area contributed by atoms with Crippen molar-refractivity contribution in [2.24, 2.45) is 5.10 Å². The monoisotopic (exact) mass is 446 g/mol. The van der Waals surface area contributed by atoms with Crippen LogP contribution in [0.5, 0.6) is 11.5 Å². The number of hydrazone groups is 1. The number of benzene rings is 2. The fourth-order valence-corrected chi connectivity index (χ4v) is 5.15. The molecular weight excluding hydrogens is 423 g/mol. The van der Waals surface area contributed by atoms with E-state index in [1.54, 1.807) is 7.11 Å². The van der Waals surface area contributed by atoms with Crippen LogP contribution in [-0.2, 0) is 4.74 Å². The minimum Gasteiger partial charge on any atom is -0.493 e. The Morgan fingerprint density at radius 1 is 1.17 bits per heavy atom. The minimum atomic E-state index is -0.591. The molecule has 3 aliphatic heterocycles. The number of methoxy groups -OCH3 is 1. The van der Waals surface area contributed by atoms with Crippen molar-refractivity contribution in [1.29, 1.82) is 0 Å². The molecule has 30 heavy (non-hydrogen) atoms. The number of para-hydroxylation sites is 1. The molecule has 7 heteroatoms. The molecule has 0 radical (unpaired) electrons. The van der Waals surface area contributed by atoms with Gasteiger partial charge in [-0.25, -0.2) is 5.01 Å². The lowest BCUT2D eigenvalue weighted by molar-refractivity contribution is -0.212. The van der Waals surface area contributed by atoms with Gasteiger partial charge in [0.25, 0.3) is 0 Å². The van der Waals surface area contributed by atoms with Crippen molar-refractivity contribution < 1.29 is 14.2 Å². The van der Waals surface area contributed by atoms with Crippen LogP contribution in [0.1, 0.15) is 50.3 Å². The average molecular weight is 447 g/mol. The van der Waals surface area contributed by atoms with Crippen LogP contribution < -0.4 is 9.47 Å². The first-order valence-electron chi connectivity index (χ1n) is 10.1. The van der Waals surface area contributed by atoms with Gasteiger partial charge in [-0.1, -0.05) is 41.4 Å². The molecule has 0 bridgehead atoms. The fourth-order valence-electron chi connectivity index (χ4n) is 4.85. The van der Waals surface area contributed by atoms with Gasteiger partial charge in [0.05, 0.1) is 41.1 Å². The predicted octanol–water partition coefficient (Wildman–Crippen LogP) is 5.83. The molecule has 0 aliphatic carbocycles. The van der Waals surface area contributed by atoms with E-state index < -0.39 is 5.72 Å². The highest BCUT2D eigenvalue weighted by Gasteiger charge is 2.55. The van der Waals surface area contributed by atoms with Crippen molar-refractivity contribution in [1.82, 2.24) is 5.01 Å². The van der Waals surface area contributed by atoms with Crippen LogP contribution in [0.3, 0.4) is 0 Å². The molecule has 2 aromatic rings. The summed E-state index contributed by atoms with van der Waals surface area (Å²) in [6.45, 7) is 4.81. The van der Waals surface area contributed by atoms with Crippen LogP contribution in [-0.4, -0.2) is 35.8 Å². The molecule has 1 saturated heterocycles. The maximum absolute atomic E-state index is 6.73. The minimum absolute atomic E-state index is 0.0576. The first-order valence-corrected chi connectivity index (χ1v) is 10.9. The summed E-state index contributed by atoms with van der Waals surface area (Å²) in [6, 6.07) is 11.8. The number of hydrogen-bond acceptors (Lipinski definition) is 5. The van der Waals surface area contributed by atoms with Gasteiger partial charge in [0.1, 0.15) is 0 Å². The number of hydrogen-bond donors (Lipinski definition) is 0. The topological polar surface area (TPSA) is 43.3 Å². The quantitative estimate of drug-likeness (QED) is 0.581. The highest BCUT2D eigenvalue weighted by molar-refractivity contribution is 6.42. The van der Waals surface area contributed by atoms with Crippen molar-refractivity contribution in [3.05, 3.63) is 57.6 Å². The fraction of sp³-hybridized carbons (Fsp3) is 0.435. The number of fused-ring (bicyclic) bond motifs is 4. The van der Waals surface area contributed by atoms with Crippen LogP contribution in [0.25, 0.3) is 0 Å². The zero-order valence-corrected chi connectivity index (χ0v) is 18.8. The summed E-state index contributed by atoms with van der Waals surface area (Å²) in [7, 11) is 1.68. The Hall–Kier alpha value is -1.95. The summed E-state index contributed by atoms with van der Waals surface area (Å²) in [5.74, 6) is 1.56. The largest absolute Gasteiger partial charge is 0.493 e. The lowest BCUT2D eigenvalue weighted by Gasteiger charge is -2.52. The molecule has 2 atom stereocenters. The lowest BCUT2D eigenvalue weighted by Crippen LogP contribution is -2.60. The molecular formula is C23H24Cl2N2O3. The van der Waals surface area contributed by atoms with Gasteiger partial charge >= 0.3 is 0 Å². The Balaban J connectivity index is 1.63. The zero-order valence-electron chi connectivity index (χ0n) is 17.2. The van der Waals surface area contributed by atoms with E-state index in [1.165, 1.54) is 0 Å². The van der Waals surface area contributed by atoms with Gasteiger partial charge in [0.2, 0.25) is 5.72 Å². The van der Waals surface area contributed by atoms with Gasteiger partial charge in [-0.05, 0) is 37.6 Å². The van der Waals surface area contributed by atoms with Crippen LogP contribution in [0.2, 0.25) is 10.0 Å². The van der Waals surface area contributed by atoms with Gasteiger partial charge in [-0.15, -0.1) is 0 Å². The number of rotatable bonds is 2. The van der Waals surface area contributed by atoms with E-state index in [1.807, 2.05) is 30.3 Å². The summed E-state index contributed by atoms with van der Waals surface area (Å²) in [5.41, 5.74) is 2.13. The van der Waals surface area contributed by atoms with Gasteiger partial charge in [0, 0.05) is 24.8 Å². The van der Waals surface area contributed by atoms with E-state index in [0.29, 0.717) is 23.1 Å². The predicted molar refractivity (Wildman–Crippen MR) is 118 cm³/mol. The molecule has 0 unspecified atom stereocenters. The highest BCUT2D eigenvalue weighted by atomic mass is 35.5. The first-order chi connectivity index (χ1) is 14.3. The Morgan fingerprint density at radius 3 is 2.73 bits per heavy atom. The Morgan fingerprint density at radius 2 is 2.00 bits per heavy atom. The molecule has 158 valence electrons. The van der Waals surface area contributed by atoms with E-state index >= 15 is 0 Å². The van der Waals surface area contributed by atoms with Crippen molar-refractivity contribution in [3.63, 3.8) is 0 Å². The van der Waals surface area contributed by atoms with Gasteiger partial charge in [-0.2, -0.15) is 5.10 Å². The third-order valence-electron chi connectivity index (χ3n) is 6.15.